The Morgan fingerprint density at radius 2 is 1.73 bits per heavy atom. The van der Waals surface area contributed by atoms with Crippen molar-refractivity contribution in [3.8, 4) is 0 Å². The highest BCUT2D eigenvalue weighted by atomic mass is 35.5. The van der Waals surface area contributed by atoms with Gasteiger partial charge in [-0.15, -0.1) is 0 Å². The second kappa shape index (κ2) is 13.2. The lowest BCUT2D eigenvalue weighted by molar-refractivity contribution is -0.145. The fourth-order valence-electron chi connectivity index (χ4n) is 7.03. The van der Waals surface area contributed by atoms with Gasteiger partial charge in [0.25, 0.3) is 5.91 Å². The fourth-order valence-corrected chi connectivity index (χ4v) is 7.22. The highest BCUT2D eigenvalue weighted by Gasteiger charge is 2.57. The third-order valence-corrected chi connectivity index (χ3v) is 10.5. The number of likely N-dealkylation sites (N-methyl/N-ethyl adjacent to an activating group) is 1. The minimum absolute atomic E-state index is 0.0282. The van der Waals surface area contributed by atoms with Crippen LogP contribution in [0.4, 0.5) is 0 Å². The van der Waals surface area contributed by atoms with Gasteiger partial charge in [-0.05, 0) is 48.3 Å². The molecule has 2 aromatic rings. The Hall–Kier alpha value is -4.25. The molecule has 260 valence electrons. The van der Waals surface area contributed by atoms with Crippen LogP contribution in [-0.4, -0.2) is 77.3 Å². The number of likely N-dealkylation sites (tertiary alicyclic amines) is 1. The number of hydrogen-bond acceptors (Lipinski definition) is 7. The molecule has 2 heterocycles. The van der Waals surface area contributed by atoms with Crippen LogP contribution in [0.25, 0.3) is 0 Å². The molecule has 3 fully saturated rings. The number of rotatable bonds is 11. The van der Waals surface area contributed by atoms with Gasteiger partial charge in [0.15, 0.2) is 5.60 Å². The number of amides is 4. The zero-order valence-corrected chi connectivity index (χ0v) is 29.1. The third kappa shape index (κ3) is 7.22. The molecule has 49 heavy (non-hydrogen) atoms. The number of halogens is 1. The van der Waals surface area contributed by atoms with Crippen LogP contribution in [0.3, 0.4) is 0 Å². The summed E-state index contributed by atoms with van der Waals surface area (Å²) >= 11 is 6.25. The first-order chi connectivity index (χ1) is 23.2. The maximum absolute atomic E-state index is 14.7. The first-order valence-electron chi connectivity index (χ1n) is 17.0. The van der Waals surface area contributed by atoms with Gasteiger partial charge >= 0.3 is 0 Å². The summed E-state index contributed by atoms with van der Waals surface area (Å²) in [7, 11) is 1.37. The van der Waals surface area contributed by atoms with Gasteiger partial charge in [-0.1, -0.05) is 92.8 Å². The second-order valence-corrected chi connectivity index (χ2v) is 15.5. The minimum Gasteiger partial charge on any atom is -0.387 e. The number of hydrogen-bond donors (Lipinski definition) is 3. The predicted octanol–water partition coefficient (Wildman–Crippen LogP) is 3.67. The van der Waals surface area contributed by atoms with Crippen molar-refractivity contribution in [2.24, 2.45) is 16.5 Å². The van der Waals surface area contributed by atoms with E-state index in [1.54, 1.807) is 12.1 Å². The Bertz CT molecular complexity index is 1680. The molecule has 4 atom stereocenters. The number of carbonyl (C=O) groups excluding carboxylic acids is 5. The smallest absolute Gasteiger partial charge is 0.289 e. The van der Waals surface area contributed by atoms with Gasteiger partial charge in [0.1, 0.15) is 12.1 Å². The lowest BCUT2D eigenvalue weighted by Crippen LogP contribution is -2.60. The summed E-state index contributed by atoms with van der Waals surface area (Å²) in [5.41, 5.74) is -0.155. The van der Waals surface area contributed by atoms with E-state index < -0.39 is 58.1 Å². The highest BCUT2D eigenvalue weighted by Crippen LogP contribution is 2.49. The molecule has 2 aromatic carbocycles. The van der Waals surface area contributed by atoms with E-state index in [0.29, 0.717) is 36.4 Å². The monoisotopic (exact) mass is 689 g/mol. The summed E-state index contributed by atoms with van der Waals surface area (Å²) in [6, 6.07) is 13.7. The van der Waals surface area contributed by atoms with Gasteiger partial charge in [0.05, 0.1) is 23.7 Å². The molecular formula is C37H44ClN5O6. The van der Waals surface area contributed by atoms with Crippen LogP contribution in [0.1, 0.15) is 76.8 Å². The molecule has 3 N–H and O–H groups in total. The largest absolute Gasteiger partial charge is 0.387 e. The summed E-state index contributed by atoms with van der Waals surface area (Å²) in [5, 5.41) is 13.2. The highest BCUT2D eigenvalue weighted by molar-refractivity contribution is 6.38. The number of ketones is 1. The molecule has 0 aromatic heterocycles. The summed E-state index contributed by atoms with van der Waals surface area (Å²) in [5.74, 6) is -2.51. The van der Waals surface area contributed by atoms with E-state index >= 15 is 0 Å². The van der Waals surface area contributed by atoms with Gasteiger partial charge < -0.3 is 25.7 Å². The van der Waals surface area contributed by atoms with Crippen LogP contribution in [0, 0.1) is 11.3 Å². The number of oxime groups is 1. The first-order valence-corrected chi connectivity index (χ1v) is 17.4. The van der Waals surface area contributed by atoms with E-state index in [1.165, 1.54) is 11.9 Å². The molecule has 0 bridgehead atoms. The van der Waals surface area contributed by atoms with Crippen LogP contribution in [0.2, 0.25) is 5.02 Å². The number of nitrogens with zero attached hydrogens (tertiary/aromatic N) is 2. The van der Waals surface area contributed by atoms with Crippen molar-refractivity contribution in [2.45, 2.75) is 94.9 Å². The maximum atomic E-state index is 14.7. The summed E-state index contributed by atoms with van der Waals surface area (Å²) < 4.78 is 0. The SMILES string of the molecule is CNC(=O)C(=O)[C@H](CC1CC1)NC(=O)[C@@H]1C[C@]2(CC(c3cccc(Cl)c3)=NO2)CN1C(=O)[C@@H](NC(=O)C1(c2ccccc2)CC1)C(C)(C)C. The van der Waals surface area contributed by atoms with Gasteiger partial charge in [-0.25, -0.2) is 0 Å². The molecular weight excluding hydrogens is 646 g/mol. The minimum atomic E-state index is -1.05. The fraction of sp³-hybridized carbons (Fsp3) is 0.514. The van der Waals surface area contributed by atoms with Crippen LogP contribution in [0.5, 0.6) is 0 Å². The summed E-state index contributed by atoms with van der Waals surface area (Å²) in [6.07, 6.45) is 3.92. The predicted molar refractivity (Wildman–Crippen MR) is 184 cm³/mol. The number of benzene rings is 2. The van der Waals surface area contributed by atoms with E-state index in [-0.39, 0.29) is 24.8 Å². The molecule has 6 rings (SSSR count). The molecule has 1 saturated heterocycles. The Labute approximate surface area is 291 Å². The van der Waals surface area contributed by atoms with Crippen molar-refractivity contribution in [1.29, 1.82) is 0 Å². The van der Waals surface area contributed by atoms with Crippen molar-refractivity contribution in [3.05, 3.63) is 70.7 Å². The normalized spacial score (nSPS) is 23.6. The molecule has 2 saturated carbocycles. The lowest BCUT2D eigenvalue weighted by Gasteiger charge is -2.36. The third-order valence-electron chi connectivity index (χ3n) is 10.2. The van der Waals surface area contributed by atoms with E-state index in [2.05, 4.69) is 21.1 Å². The molecule has 11 nitrogen and oxygen atoms in total. The Morgan fingerprint density at radius 1 is 1.02 bits per heavy atom. The number of nitrogens with one attached hydrogen (secondary N) is 3. The molecule has 0 unspecified atom stereocenters. The Kier molecular flexibility index (Phi) is 9.34. The Balaban J connectivity index is 1.28. The van der Waals surface area contributed by atoms with Gasteiger partial charge in [-0.3, -0.25) is 24.0 Å². The zero-order valence-electron chi connectivity index (χ0n) is 28.4. The van der Waals surface area contributed by atoms with E-state index in [0.717, 1.165) is 24.0 Å². The number of Topliss-reactive ketones (excluding diaryl/α,β-unsaturated/α-hetero) is 1. The van der Waals surface area contributed by atoms with Crippen molar-refractivity contribution >= 4 is 46.7 Å². The average molecular weight is 690 g/mol. The molecule has 12 heteroatoms. The average Bonchev–Trinajstić information content (AvgIpc) is 4.01. The molecule has 2 aliphatic heterocycles. The van der Waals surface area contributed by atoms with Crippen molar-refractivity contribution in [3.63, 3.8) is 0 Å². The maximum Gasteiger partial charge on any atom is 0.289 e. The van der Waals surface area contributed by atoms with E-state index in [1.807, 2.05) is 63.2 Å². The molecule has 1 spiro atoms. The molecule has 4 aliphatic rings. The van der Waals surface area contributed by atoms with Crippen LogP contribution in [-0.2, 0) is 34.2 Å². The van der Waals surface area contributed by atoms with Crippen LogP contribution < -0.4 is 16.0 Å². The van der Waals surface area contributed by atoms with Gasteiger partial charge in [-0.2, -0.15) is 0 Å². The van der Waals surface area contributed by atoms with E-state index in [9.17, 15) is 24.0 Å². The van der Waals surface area contributed by atoms with Crippen molar-refractivity contribution < 1.29 is 28.8 Å². The zero-order chi connectivity index (χ0) is 35.1. The first kappa shape index (κ1) is 34.6. The molecule has 0 radical (unpaired) electrons. The quantitative estimate of drug-likeness (QED) is 0.307. The van der Waals surface area contributed by atoms with Crippen molar-refractivity contribution in [1.82, 2.24) is 20.9 Å². The second-order valence-electron chi connectivity index (χ2n) is 15.1. The standard InChI is InChI=1S/C37H44ClN5O6/c1-35(2,3)30(41-34(48)37(15-16-37)24-10-6-5-7-11-24)33(47)43-21-36(19-27(42-49-36)23-9-8-12-25(38)18-23)20-28(43)31(45)40-26(17-22-13-14-22)29(44)32(46)39-4/h5-12,18,22,26,28,30H,13-17,19-21H2,1-4H3,(H,39,46)(H,40,45)(H,41,48)/t26-,28-,30+,36+/m0/s1. The summed E-state index contributed by atoms with van der Waals surface area (Å²) in [6.45, 7) is 5.65. The lowest BCUT2D eigenvalue weighted by atomic mass is 9.84. The number of carbonyl (C=O) groups is 5. The van der Waals surface area contributed by atoms with Crippen molar-refractivity contribution in [2.75, 3.05) is 13.6 Å². The van der Waals surface area contributed by atoms with Crippen LogP contribution in [0.15, 0.2) is 59.8 Å². The molecule has 4 amide bonds. The van der Waals surface area contributed by atoms with Gasteiger partial charge in [0, 0.05) is 30.5 Å². The molecule has 2 aliphatic carbocycles. The van der Waals surface area contributed by atoms with E-state index in [4.69, 9.17) is 16.4 Å². The Morgan fingerprint density at radius 3 is 2.35 bits per heavy atom. The topological polar surface area (TPSA) is 146 Å². The van der Waals surface area contributed by atoms with Gasteiger partial charge in [0.2, 0.25) is 23.5 Å². The summed E-state index contributed by atoms with van der Waals surface area (Å²) in [4.78, 5) is 75.8. The van der Waals surface area contributed by atoms with Crippen LogP contribution >= 0.6 is 11.6 Å².